The summed E-state index contributed by atoms with van der Waals surface area (Å²) in [5.41, 5.74) is 1.25. The number of amides is 1. The van der Waals surface area contributed by atoms with Crippen LogP contribution in [0.1, 0.15) is 22.3 Å². The lowest BCUT2D eigenvalue weighted by Crippen LogP contribution is -2.41. The lowest BCUT2D eigenvalue weighted by atomic mass is 10.0. The van der Waals surface area contributed by atoms with Crippen molar-refractivity contribution in [2.24, 2.45) is 0 Å². The maximum atomic E-state index is 12.4. The molecule has 1 aliphatic rings. The number of fused-ring (bicyclic) bond motifs is 1. The topological polar surface area (TPSA) is 76.1 Å². The number of ether oxygens (including phenoxy) is 2. The van der Waals surface area contributed by atoms with E-state index in [1.807, 2.05) is 0 Å². The molecule has 0 spiro atoms. The van der Waals surface area contributed by atoms with Crippen LogP contribution in [-0.4, -0.2) is 49.2 Å². The van der Waals surface area contributed by atoms with Crippen LogP contribution in [0, 0.1) is 0 Å². The molecular weight excluding hydrogens is 262 g/mol. The first kappa shape index (κ1) is 14.2. The number of hydrogen-bond acceptors (Lipinski definition) is 4. The molecule has 1 atom stereocenters. The summed E-state index contributed by atoms with van der Waals surface area (Å²) in [4.78, 5) is 24.9. The molecule has 0 saturated carbocycles. The van der Waals surface area contributed by atoms with Crippen LogP contribution in [0.15, 0.2) is 12.1 Å². The zero-order chi connectivity index (χ0) is 14.9. The third-order valence-electron chi connectivity index (χ3n) is 3.60. The Labute approximate surface area is 116 Å². The quantitative estimate of drug-likeness (QED) is 0.899. The van der Waals surface area contributed by atoms with Gasteiger partial charge in [0.05, 0.1) is 14.2 Å². The van der Waals surface area contributed by atoms with Crippen LogP contribution in [-0.2, 0) is 11.2 Å². The molecule has 1 heterocycles. The first-order valence-electron chi connectivity index (χ1n) is 6.24. The van der Waals surface area contributed by atoms with Crippen LogP contribution in [0.2, 0.25) is 0 Å². The molecule has 1 aromatic carbocycles. The Hall–Kier alpha value is -2.24. The van der Waals surface area contributed by atoms with Crippen molar-refractivity contribution in [3.63, 3.8) is 0 Å². The molecule has 1 aromatic rings. The van der Waals surface area contributed by atoms with Gasteiger partial charge in [-0.15, -0.1) is 0 Å². The fourth-order valence-corrected chi connectivity index (χ4v) is 2.43. The van der Waals surface area contributed by atoms with E-state index in [2.05, 4.69) is 0 Å². The van der Waals surface area contributed by atoms with Crippen molar-refractivity contribution in [1.29, 1.82) is 0 Å². The number of benzene rings is 1. The molecule has 0 aromatic heterocycles. The standard InChI is InChI=1S/C14H17NO5/c1-15-10(14(17)18)5-4-8-6-11(19-2)12(20-3)7-9(8)13(15)16/h6-7,10H,4-5H2,1-3H3,(H,17,18). The molecule has 1 amide bonds. The highest BCUT2D eigenvalue weighted by Crippen LogP contribution is 2.33. The Kier molecular flexibility index (Phi) is 3.83. The second-order valence-corrected chi connectivity index (χ2v) is 4.67. The van der Waals surface area contributed by atoms with Gasteiger partial charge in [-0.2, -0.15) is 0 Å². The summed E-state index contributed by atoms with van der Waals surface area (Å²) >= 11 is 0. The van der Waals surface area contributed by atoms with Crippen LogP contribution in [0.25, 0.3) is 0 Å². The highest BCUT2D eigenvalue weighted by atomic mass is 16.5. The molecule has 0 fully saturated rings. The normalized spacial score (nSPS) is 18.2. The molecule has 1 aliphatic heterocycles. The fraction of sp³-hybridized carbons (Fsp3) is 0.429. The maximum absolute atomic E-state index is 12.4. The molecule has 0 saturated heterocycles. The SMILES string of the molecule is COc1cc2c(cc1OC)C(=O)N(C)C(C(=O)O)CC2. The van der Waals surface area contributed by atoms with Gasteiger partial charge in [-0.1, -0.05) is 0 Å². The van der Waals surface area contributed by atoms with Gasteiger partial charge in [-0.25, -0.2) is 4.79 Å². The predicted octanol–water partition coefficient (Wildman–Crippen LogP) is 1.18. The molecule has 1 unspecified atom stereocenters. The lowest BCUT2D eigenvalue weighted by Gasteiger charge is -2.22. The van der Waals surface area contributed by atoms with E-state index in [1.54, 1.807) is 12.1 Å². The molecule has 0 bridgehead atoms. The van der Waals surface area contributed by atoms with E-state index in [1.165, 1.54) is 26.2 Å². The van der Waals surface area contributed by atoms with E-state index < -0.39 is 12.0 Å². The van der Waals surface area contributed by atoms with Gasteiger partial charge in [0, 0.05) is 12.6 Å². The van der Waals surface area contributed by atoms with Gasteiger partial charge in [0.1, 0.15) is 6.04 Å². The molecule has 6 heteroatoms. The van der Waals surface area contributed by atoms with E-state index in [9.17, 15) is 14.7 Å². The smallest absolute Gasteiger partial charge is 0.326 e. The molecule has 6 nitrogen and oxygen atoms in total. The zero-order valence-corrected chi connectivity index (χ0v) is 11.7. The third-order valence-corrected chi connectivity index (χ3v) is 3.60. The number of aliphatic carboxylic acids is 1. The summed E-state index contributed by atoms with van der Waals surface area (Å²) < 4.78 is 10.4. The summed E-state index contributed by atoms with van der Waals surface area (Å²) in [6.45, 7) is 0. The van der Waals surface area contributed by atoms with Crippen molar-refractivity contribution in [2.45, 2.75) is 18.9 Å². The summed E-state index contributed by atoms with van der Waals surface area (Å²) in [7, 11) is 4.52. The van der Waals surface area contributed by atoms with Gasteiger partial charge in [0.15, 0.2) is 11.5 Å². The third kappa shape index (κ3) is 2.29. The van der Waals surface area contributed by atoms with Crippen LogP contribution >= 0.6 is 0 Å². The minimum Gasteiger partial charge on any atom is -0.493 e. The number of carboxylic acid groups (broad SMARTS) is 1. The number of likely N-dealkylation sites (N-methyl/N-ethyl adjacent to an activating group) is 1. The Morgan fingerprint density at radius 3 is 2.45 bits per heavy atom. The molecule has 2 rings (SSSR count). The fourth-order valence-electron chi connectivity index (χ4n) is 2.43. The van der Waals surface area contributed by atoms with Crippen molar-refractivity contribution < 1.29 is 24.2 Å². The molecule has 108 valence electrons. The van der Waals surface area contributed by atoms with Crippen molar-refractivity contribution in [2.75, 3.05) is 21.3 Å². The summed E-state index contributed by atoms with van der Waals surface area (Å²) in [5.74, 6) is -0.310. The molecule has 0 radical (unpaired) electrons. The number of nitrogens with zero attached hydrogens (tertiary/aromatic N) is 1. The van der Waals surface area contributed by atoms with E-state index in [-0.39, 0.29) is 5.91 Å². The number of rotatable bonds is 3. The largest absolute Gasteiger partial charge is 0.493 e. The van der Waals surface area contributed by atoms with Gasteiger partial charge in [0.25, 0.3) is 5.91 Å². The highest BCUT2D eigenvalue weighted by molar-refractivity contribution is 5.99. The Balaban J connectivity index is 2.50. The van der Waals surface area contributed by atoms with Crippen LogP contribution < -0.4 is 9.47 Å². The number of carbonyl (C=O) groups excluding carboxylic acids is 1. The van der Waals surface area contributed by atoms with Gasteiger partial charge < -0.3 is 19.5 Å². The Morgan fingerprint density at radius 1 is 1.30 bits per heavy atom. The van der Waals surface area contributed by atoms with Gasteiger partial charge >= 0.3 is 5.97 Å². The molecular formula is C14H17NO5. The van der Waals surface area contributed by atoms with E-state index in [4.69, 9.17) is 9.47 Å². The molecule has 0 aliphatic carbocycles. The first-order chi connectivity index (χ1) is 9.49. The number of carbonyl (C=O) groups is 2. The molecule has 20 heavy (non-hydrogen) atoms. The van der Waals surface area contributed by atoms with Crippen LogP contribution in [0.5, 0.6) is 11.5 Å². The second kappa shape index (κ2) is 5.40. The summed E-state index contributed by atoms with van der Waals surface area (Å²) in [5, 5.41) is 9.19. The monoisotopic (exact) mass is 279 g/mol. The van der Waals surface area contributed by atoms with Crippen molar-refractivity contribution in [3.8, 4) is 11.5 Å². The van der Waals surface area contributed by atoms with Gasteiger partial charge in [-0.3, -0.25) is 4.79 Å². The average molecular weight is 279 g/mol. The average Bonchev–Trinajstić information content (AvgIpc) is 2.56. The second-order valence-electron chi connectivity index (χ2n) is 4.67. The first-order valence-corrected chi connectivity index (χ1v) is 6.24. The number of carboxylic acids is 1. The van der Waals surface area contributed by atoms with Gasteiger partial charge in [-0.05, 0) is 30.5 Å². The minimum atomic E-state index is -0.993. The van der Waals surface area contributed by atoms with Crippen LogP contribution in [0.4, 0.5) is 0 Å². The Morgan fingerprint density at radius 2 is 1.90 bits per heavy atom. The van der Waals surface area contributed by atoms with Crippen LogP contribution in [0.3, 0.4) is 0 Å². The number of methoxy groups -OCH3 is 2. The number of aryl methyl sites for hydroxylation is 1. The highest BCUT2D eigenvalue weighted by Gasteiger charge is 2.32. The van der Waals surface area contributed by atoms with Crippen molar-refractivity contribution >= 4 is 11.9 Å². The number of hydrogen-bond donors (Lipinski definition) is 1. The van der Waals surface area contributed by atoms with Crippen molar-refractivity contribution in [3.05, 3.63) is 23.3 Å². The molecule has 1 N–H and O–H groups in total. The predicted molar refractivity (Wildman–Crippen MR) is 71.4 cm³/mol. The van der Waals surface area contributed by atoms with E-state index in [0.717, 1.165) is 5.56 Å². The van der Waals surface area contributed by atoms with Crippen molar-refractivity contribution in [1.82, 2.24) is 4.90 Å². The maximum Gasteiger partial charge on any atom is 0.326 e. The Bertz CT molecular complexity index is 555. The van der Waals surface area contributed by atoms with E-state index in [0.29, 0.717) is 29.9 Å². The van der Waals surface area contributed by atoms with E-state index >= 15 is 0 Å². The lowest BCUT2D eigenvalue weighted by molar-refractivity contribution is -0.142. The summed E-state index contributed by atoms with van der Waals surface area (Å²) in [6, 6.07) is 2.54. The zero-order valence-electron chi connectivity index (χ0n) is 11.7. The summed E-state index contributed by atoms with van der Waals surface area (Å²) in [6.07, 6.45) is 0.878. The van der Waals surface area contributed by atoms with Gasteiger partial charge in [0.2, 0.25) is 0 Å². The minimum absolute atomic E-state index is 0.314.